The average molecular weight is 162 g/mol. The van der Waals surface area contributed by atoms with Gasteiger partial charge in [0.25, 0.3) is 0 Å². The molecule has 1 atom stereocenters. The summed E-state index contributed by atoms with van der Waals surface area (Å²) < 4.78 is 0. The van der Waals surface area contributed by atoms with E-state index in [2.05, 4.69) is 18.7 Å². The fourth-order valence-electron chi connectivity index (χ4n) is 1.26. The highest BCUT2D eigenvalue weighted by Gasteiger charge is 2.04. The van der Waals surface area contributed by atoms with E-state index in [9.17, 15) is 0 Å². The average Bonchev–Trinajstić information content (AvgIpc) is 2.15. The molecule has 1 rings (SSSR count). The predicted octanol–water partition coefficient (Wildman–Crippen LogP) is 2.34. The molecule has 1 aromatic carbocycles. The van der Waals surface area contributed by atoms with Gasteiger partial charge in [-0.05, 0) is 12.0 Å². The topological polar surface area (TPSA) is 20.2 Å². The number of aliphatic hydroxyl groups is 1. The van der Waals surface area contributed by atoms with Crippen LogP contribution in [0.15, 0.2) is 43.0 Å². The summed E-state index contributed by atoms with van der Waals surface area (Å²) in [5, 5.41) is 8.78. The van der Waals surface area contributed by atoms with Crippen molar-refractivity contribution in [3.8, 4) is 0 Å². The molecule has 0 spiro atoms. The quantitative estimate of drug-likeness (QED) is 0.674. The predicted molar refractivity (Wildman–Crippen MR) is 51.1 cm³/mol. The van der Waals surface area contributed by atoms with Gasteiger partial charge in [-0.1, -0.05) is 36.4 Å². The smallest absolute Gasteiger partial charge is 0.0439 e. The van der Waals surface area contributed by atoms with Crippen LogP contribution in [-0.2, 0) is 0 Å². The van der Waals surface area contributed by atoms with Crippen molar-refractivity contribution in [2.24, 2.45) is 0 Å². The SMILES string of the molecule is C=CC(CCO)c1ccccc1. The van der Waals surface area contributed by atoms with Crippen molar-refractivity contribution in [2.75, 3.05) is 6.61 Å². The number of rotatable bonds is 4. The zero-order valence-corrected chi connectivity index (χ0v) is 7.11. The lowest BCUT2D eigenvalue weighted by Crippen LogP contribution is -1.97. The van der Waals surface area contributed by atoms with Crippen LogP contribution in [0.25, 0.3) is 0 Å². The number of allylic oxidation sites excluding steroid dienone is 1. The molecule has 0 saturated heterocycles. The Bertz CT molecular complexity index is 228. The lowest BCUT2D eigenvalue weighted by molar-refractivity contribution is 0.283. The standard InChI is InChI=1S/C11H14O/c1-2-10(8-9-12)11-6-4-3-5-7-11/h2-7,10,12H,1,8-9H2. The number of aliphatic hydroxyl groups excluding tert-OH is 1. The molecule has 0 aliphatic heterocycles. The first-order valence-corrected chi connectivity index (χ1v) is 4.17. The third-order valence-corrected chi connectivity index (χ3v) is 1.95. The van der Waals surface area contributed by atoms with Gasteiger partial charge < -0.3 is 5.11 Å². The van der Waals surface area contributed by atoms with Crippen LogP contribution >= 0.6 is 0 Å². The minimum Gasteiger partial charge on any atom is -0.396 e. The summed E-state index contributed by atoms with van der Waals surface area (Å²) in [6, 6.07) is 10.1. The molecule has 0 heterocycles. The highest BCUT2D eigenvalue weighted by molar-refractivity contribution is 5.22. The van der Waals surface area contributed by atoms with Crippen molar-refractivity contribution in [2.45, 2.75) is 12.3 Å². The van der Waals surface area contributed by atoms with Crippen LogP contribution < -0.4 is 0 Å². The number of benzene rings is 1. The molecule has 1 N–H and O–H groups in total. The summed E-state index contributed by atoms with van der Waals surface area (Å²) >= 11 is 0. The zero-order chi connectivity index (χ0) is 8.81. The second kappa shape index (κ2) is 4.73. The van der Waals surface area contributed by atoms with Gasteiger partial charge in [0.1, 0.15) is 0 Å². The van der Waals surface area contributed by atoms with Crippen LogP contribution in [0.2, 0.25) is 0 Å². The minimum absolute atomic E-state index is 0.214. The largest absolute Gasteiger partial charge is 0.396 e. The molecule has 0 aromatic heterocycles. The summed E-state index contributed by atoms with van der Waals surface area (Å²) in [6.45, 7) is 3.96. The van der Waals surface area contributed by atoms with E-state index < -0.39 is 0 Å². The van der Waals surface area contributed by atoms with Gasteiger partial charge in [0.2, 0.25) is 0 Å². The molecule has 0 saturated carbocycles. The maximum atomic E-state index is 8.78. The van der Waals surface area contributed by atoms with Crippen LogP contribution in [0, 0.1) is 0 Å². The maximum Gasteiger partial charge on any atom is 0.0439 e. The summed E-state index contributed by atoms with van der Waals surface area (Å²) in [6.07, 6.45) is 2.64. The lowest BCUT2D eigenvalue weighted by atomic mass is 9.96. The van der Waals surface area contributed by atoms with Gasteiger partial charge in [0, 0.05) is 12.5 Å². The van der Waals surface area contributed by atoms with Crippen molar-refractivity contribution in [3.63, 3.8) is 0 Å². The van der Waals surface area contributed by atoms with E-state index in [1.54, 1.807) is 0 Å². The monoisotopic (exact) mass is 162 g/mol. The molecule has 1 heteroatoms. The van der Waals surface area contributed by atoms with Crippen molar-refractivity contribution >= 4 is 0 Å². The van der Waals surface area contributed by atoms with E-state index in [-0.39, 0.29) is 12.5 Å². The van der Waals surface area contributed by atoms with Gasteiger partial charge in [0.15, 0.2) is 0 Å². The normalized spacial score (nSPS) is 12.4. The molecule has 0 aliphatic carbocycles. The number of hydrogen-bond acceptors (Lipinski definition) is 1. The van der Waals surface area contributed by atoms with Gasteiger partial charge in [0.05, 0.1) is 0 Å². The summed E-state index contributed by atoms with van der Waals surface area (Å²) in [7, 11) is 0. The highest BCUT2D eigenvalue weighted by atomic mass is 16.3. The molecule has 64 valence electrons. The number of hydrogen-bond donors (Lipinski definition) is 1. The zero-order valence-electron chi connectivity index (χ0n) is 7.11. The molecule has 0 aliphatic rings. The van der Waals surface area contributed by atoms with Gasteiger partial charge in [-0.3, -0.25) is 0 Å². The maximum absolute atomic E-state index is 8.78. The molecule has 1 aromatic rings. The van der Waals surface area contributed by atoms with E-state index in [1.807, 2.05) is 24.3 Å². The molecular formula is C11H14O. The first-order valence-electron chi connectivity index (χ1n) is 4.17. The molecule has 0 amide bonds. The van der Waals surface area contributed by atoms with Crippen molar-refractivity contribution in [1.82, 2.24) is 0 Å². The van der Waals surface area contributed by atoms with Crippen LogP contribution in [-0.4, -0.2) is 11.7 Å². The van der Waals surface area contributed by atoms with E-state index >= 15 is 0 Å². The minimum atomic E-state index is 0.214. The van der Waals surface area contributed by atoms with E-state index in [0.717, 1.165) is 6.42 Å². The van der Waals surface area contributed by atoms with E-state index in [1.165, 1.54) is 5.56 Å². The lowest BCUT2D eigenvalue weighted by Gasteiger charge is -2.10. The summed E-state index contributed by atoms with van der Waals surface area (Å²) in [4.78, 5) is 0. The Hall–Kier alpha value is -1.08. The van der Waals surface area contributed by atoms with Gasteiger partial charge in [-0.2, -0.15) is 0 Å². The van der Waals surface area contributed by atoms with Gasteiger partial charge in [-0.15, -0.1) is 6.58 Å². The van der Waals surface area contributed by atoms with Crippen LogP contribution in [0.4, 0.5) is 0 Å². The molecular weight excluding hydrogens is 148 g/mol. The molecule has 0 fully saturated rings. The Kier molecular flexibility index (Phi) is 3.55. The molecule has 0 bridgehead atoms. The molecule has 0 radical (unpaired) electrons. The molecule has 1 unspecified atom stereocenters. The van der Waals surface area contributed by atoms with E-state index in [0.29, 0.717) is 0 Å². The first-order chi connectivity index (χ1) is 5.88. The van der Waals surface area contributed by atoms with Gasteiger partial charge >= 0.3 is 0 Å². The fraction of sp³-hybridized carbons (Fsp3) is 0.273. The molecule has 12 heavy (non-hydrogen) atoms. The summed E-state index contributed by atoms with van der Waals surface area (Å²) in [5.74, 6) is 0.288. The van der Waals surface area contributed by atoms with Crippen molar-refractivity contribution < 1.29 is 5.11 Å². The van der Waals surface area contributed by atoms with Crippen LogP contribution in [0.5, 0.6) is 0 Å². The first kappa shape index (κ1) is 9.01. The molecule has 1 nitrogen and oxygen atoms in total. The highest BCUT2D eigenvalue weighted by Crippen LogP contribution is 2.19. The Morgan fingerprint density at radius 3 is 2.50 bits per heavy atom. The Morgan fingerprint density at radius 1 is 1.33 bits per heavy atom. The Labute approximate surface area is 73.4 Å². The second-order valence-electron chi connectivity index (χ2n) is 2.77. The Balaban J connectivity index is 2.73. The fourth-order valence-corrected chi connectivity index (χ4v) is 1.26. The van der Waals surface area contributed by atoms with Gasteiger partial charge in [-0.25, -0.2) is 0 Å². The summed E-state index contributed by atoms with van der Waals surface area (Å²) in [5.41, 5.74) is 1.22. The third-order valence-electron chi connectivity index (χ3n) is 1.95. The van der Waals surface area contributed by atoms with Crippen LogP contribution in [0.1, 0.15) is 17.9 Å². The van der Waals surface area contributed by atoms with E-state index in [4.69, 9.17) is 5.11 Å². The Morgan fingerprint density at radius 2 is 2.00 bits per heavy atom. The third kappa shape index (κ3) is 2.21. The second-order valence-corrected chi connectivity index (χ2v) is 2.77. The van der Waals surface area contributed by atoms with Crippen molar-refractivity contribution in [1.29, 1.82) is 0 Å². The van der Waals surface area contributed by atoms with Crippen LogP contribution in [0.3, 0.4) is 0 Å². The van der Waals surface area contributed by atoms with Crippen molar-refractivity contribution in [3.05, 3.63) is 48.6 Å².